The van der Waals surface area contributed by atoms with Crippen molar-refractivity contribution >= 4 is 20.9 Å². The van der Waals surface area contributed by atoms with Gasteiger partial charge in [0.2, 0.25) is 10.0 Å². The summed E-state index contributed by atoms with van der Waals surface area (Å²) >= 11 is 0. The molecule has 0 spiro atoms. The minimum Gasteiger partial charge on any atom is -0.326 e. The largest absolute Gasteiger partial charge is 0.326 e. The fourth-order valence-corrected chi connectivity index (χ4v) is 4.19. The lowest BCUT2D eigenvalue weighted by molar-refractivity contribution is 0.471. The number of aromatic nitrogens is 1. The predicted molar refractivity (Wildman–Crippen MR) is 78.5 cm³/mol. The standard InChI is InChI=1S/C14H17N3O2S/c15-13-6-8-17(9-13)20(18,19)10-12-4-1-3-11-5-2-7-16-14(11)12/h1-5,7,13H,6,8-10,15H2/t13-/m1/s1. The van der Waals surface area contributed by atoms with Gasteiger partial charge in [-0.05, 0) is 18.1 Å². The van der Waals surface area contributed by atoms with Gasteiger partial charge < -0.3 is 5.73 Å². The molecule has 5 nitrogen and oxygen atoms in total. The summed E-state index contributed by atoms with van der Waals surface area (Å²) in [4.78, 5) is 4.30. The van der Waals surface area contributed by atoms with E-state index in [-0.39, 0.29) is 11.8 Å². The van der Waals surface area contributed by atoms with Crippen molar-refractivity contribution in [1.29, 1.82) is 0 Å². The summed E-state index contributed by atoms with van der Waals surface area (Å²) in [5, 5.41) is 0.957. The lowest BCUT2D eigenvalue weighted by Crippen LogP contribution is -2.32. The maximum Gasteiger partial charge on any atom is 0.218 e. The van der Waals surface area contributed by atoms with E-state index in [1.54, 1.807) is 6.20 Å². The third-order valence-electron chi connectivity index (χ3n) is 3.64. The first-order chi connectivity index (χ1) is 9.56. The van der Waals surface area contributed by atoms with Gasteiger partial charge in [-0.15, -0.1) is 0 Å². The fourth-order valence-electron chi connectivity index (χ4n) is 2.58. The van der Waals surface area contributed by atoms with Crippen molar-refractivity contribution in [3.63, 3.8) is 0 Å². The zero-order valence-electron chi connectivity index (χ0n) is 11.1. The quantitative estimate of drug-likeness (QED) is 0.918. The second-order valence-electron chi connectivity index (χ2n) is 5.16. The molecule has 0 amide bonds. The molecule has 20 heavy (non-hydrogen) atoms. The molecule has 1 fully saturated rings. The molecule has 1 aromatic carbocycles. The van der Waals surface area contributed by atoms with Crippen LogP contribution in [0.4, 0.5) is 0 Å². The second-order valence-corrected chi connectivity index (χ2v) is 7.12. The van der Waals surface area contributed by atoms with Gasteiger partial charge in [0.1, 0.15) is 0 Å². The number of nitrogens with two attached hydrogens (primary N) is 1. The molecule has 6 heteroatoms. The predicted octanol–water partition coefficient (Wildman–Crippen LogP) is 1.10. The van der Waals surface area contributed by atoms with Gasteiger partial charge in [0.15, 0.2) is 0 Å². The molecule has 3 rings (SSSR count). The Labute approximate surface area is 118 Å². The Hall–Kier alpha value is -1.50. The molecule has 1 aliphatic heterocycles. The molecule has 2 N–H and O–H groups in total. The Morgan fingerprint density at radius 2 is 2.10 bits per heavy atom. The SMILES string of the molecule is N[C@@H]1CCN(S(=O)(=O)Cc2cccc3cccnc23)C1. The summed E-state index contributed by atoms with van der Waals surface area (Å²) in [5.74, 6) is -0.0198. The average molecular weight is 291 g/mol. The number of rotatable bonds is 3. The molecule has 2 heterocycles. The topological polar surface area (TPSA) is 76.3 Å². The summed E-state index contributed by atoms with van der Waals surface area (Å²) in [6.07, 6.45) is 2.41. The van der Waals surface area contributed by atoms with Crippen LogP contribution in [0.25, 0.3) is 10.9 Å². The molecular formula is C14H17N3O2S. The number of hydrogen-bond donors (Lipinski definition) is 1. The number of para-hydroxylation sites is 1. The smallest absolute Gasteiger partial charge is 0.218 e. The molecule has 1 atom stereocenters. The third kappa shape index (κ3) is 2.54. The van der Waals surface area contributed by atoms with Gasteiger partial charge in [-0.3, -0.25) is 4.98 Å². The van der Waals surface area contributed by atoms with Crippen molar-refractivity contribution in [2.75, 3.05) is 13.1 Å². The van der Waals surface area contributed by atoms with Crippen molar-refractivity contribution in [3.05, 3.63) is 42.1 Å². The van der Waals surface area contributed by atoms with E-state index in [1.165, 1.54) is 4.31 Å². The van der Waals surface area contributed by atoms with Gasteiger partial charge in [0.25, 0.3) is 0 Å². The normalized spacial score (nSPS) is 20.6. The van der Waals surface area contributed by atoms with Crippen LogP contribution in [-0.4, -0.2) is 36.8 Å². The van der Waals surface area contributed by atoms with E-state index in [4.69, 9.17) is 5.73 Å². The number of nitrogens with zero attached hydrogens (tertiary/aromatic N) is 2. The molecule has 106 valence electrons. The maximum atomic E-state index is 12.4. The van der Waals surface area contributed by atoms with Gasteiger partial charge in [0.05, 0.1) is 11.3 Å². The molecule has 0 saturated carbocycles. The van der Waals surface area contributed by atoms with E-state index >= 15 is 0 Å². The van der Waals surface area contributed by atoms with Crippen LogP contribution in [0, 0.1) is 0 Å². The summed E-state index contributed by atoms with van der Waals surface area (Å²) in [5.41, 5.74) is 7.28. The Morgan fingerprint density at radius 1 is 1.30 bits per heavy atom. The molecule has 1 saturated heterocycles. The van der Waals surface area contributed by atoms with E-state index in [0.29, 0.717) is 13.1 Å². The first-order valence-corrected chi connectivity index (χ1v) is 8.23. The first kappa shape index (κ1) is 13.5. The zero-order valence-corrected chi connectivity index (χ0v) is 11.9. The number of fused-ring (bicyclic) bond motifs is 1. The van der Waals surface area contributed by atoms with E-state index in [2.05, 4.69) is 4.98 Å². The highest BCUT2D eigenvalue weighted by Gasteiger charge is 2.29. The van der Waals surface area contributed by atoms with Gasteiger partial charge in [0, 0.05) is 30.7 Å². The zero-order chi connectivity index (χ0) is 14.2. The lowest BCUT2D eigenvalue weighted by atomic mass is 10.1. The highest BCUT2D eigenvalue weighted by atomic mass is 32.2. The van der Waals surface area contributed by atoms with Crippen LogP contribution in [0.15, 0.2) is 36.5 Å². The van der Waals surface area contributed by atoms with Crippen molar-refractivity contribution in [3.8, 4) is 0 Å². The molecule has 0 bridgehead atoms. The van der Waals surface area contributed by atoms with E-state index in [0.717, 1.165) is 22.9 Å². The maximum absolute atomic E-state index is 12.4. The highest BCUT2D eigenvalue weighted by Crippen LogP contribution is 2.21. The third-order valence-corrected chi connectivity index (χ3v) is 5.43. The van der Waals surface area contributed by atoms with Gasteiger partial charge in [-0.1, -0.05) is 24.3 Å². The van der Waals surface area contributed by atoms with Crippen molar-refractivity contribution in [2.45, 2.75) is 18.2 Å². The molecule has 2 aromatic rings. The summed E-state index contributed by atoms with van der Waals surface area (Å²) in [7, 11) is -3.32. The van der Waals surface area contributed by atoms with Crippen LogP contribution in [0.3, 0.4) is 0 Å². The minimum absolute atomic E-state index is 0.0198. The van der Waals surface area contributed by atoms with Crippen LogP contribution in [0.1, 0.15) is 12.0 Å². The van der Waals surface area contributed by atoms with Crippen LogP contribution < -0.4 is 5.73 Å². The number of pyridine rings is 1. The van der Waals surface area contributed by atoms with E-state index in [9.17, 15) is 8.42 Å². The molecule has 0 radical (unpaired) electrons. The van der Waals surface area contributed by atoms with Gasteiger partial charge >= 0.3 is 0 Å². The molecule has 0 unspecified atom stereocenters. The fraction of sp³-hybridized carbons (Fsp3) is 0.357. The van der Waals surface area contributed by atoms with Crippen molar-refractivity contribution in [2.24, 2.45) is 5.73 Å². The van der Waals surface area contributed by atoms with Crippen LogP contribution in [-0.2, 0) is 15.8 Å². The summed E-state index contributed by atoms with van der Waals surface area (Å²) < 4.78 is 26.4. The average Bonchev–Trinajstić information content (AvgIpc) is 2.86. The van der Waals surface area contributed by atoms with Crippen LogP contribution in [0.2, 0.25) is 0 Å². The monoisotopic (exact) mass is 291 g/mol. The Balaban J connectivity index is 1.93. The first-order valence-electron chi connectivity index (χ1n) is 6.62. The second kappa shape index (κ2) is 5.12. The van der Waals surface area contributed by atoms with Crippen LogP contribution >= 0.6 is 0 Å². The van der Waals surface area contributed by atoms with Gasteiger partial charge in [-0.25, -0.2) is 12.7 Å². The highest BCUT2D eigenvalue weighted by molar-refractivity contribution is 7.88. The Bertz CT molecular complexity index is 725. The van der Waals surface area contributed by atoms with Crippen molar-refractivity contribution in [1.82, 2.24) is 9.29 Å². The van der Waals surface area contributed by atoms with Crippen molar-refractivity contribution < 1.29 is 8.42 Å². The van der Waals surface area contributed by atoms with E-state index in [1.807, 2.05) is 30.3 Å². The lowest BCUT2D eigenvalue weighted by Gasteiger charge is -2.16. The number of sulfonamides is 1. The summed E-state index contributed by atoms with van der Waals surface area (Å²) in [6.45, 7) is 0.933. The number of benzene rings is 1. The van der Waals surface area contributed by atoms with E-state index < -0.39 is 10.0 Å². The Morgan fingerprint density at radius 3 is 2.85 bits per heavy atom. The molecule has 1 aromatic heterocycles. The molecule has 0 aliphatic carbocycles. The molecular weight excluding hydrogens is 274 g/mol. The Kier molecular flexibility index (Phi) is 3.45. The molecule has 1 aliphatic rings. The number of hydrogen-bond acceptors (Lipinski definition) is 4. The van der Waals surface area contributed by atoms with Crippen LogP contribution in [0.5, 0.6) is 0 Å². The summed E-state index contributed by atoms with van der Waals surface area (Å²) in [6, 6.07) is 9.36. The minimum atomic E-state index is -3.32. The van der Waals surface area contributed by atoms with Gasteiger partial charge in [-0.2, -0.15) is 0 Å².